The number of ether oxygens (including phenoxy) is 1. The highest BCUT2D eigenvalue weighted by atomic mass is 16.5. The fourth-order valence-corrected chi connectivity index (χ4v) is 3.31. The zero-order valence-corrected chi connectivity index (χ0v) is 13.0. The second-order valence-corrected chi connectivity index (χ2v) is 6.29. The maximum absolute atomic E-state index is 12.5. The molecule has 1 aliphatic heterocycles. The lowest BCUT2D eigenvalue weighted by Gasteiger charge is -2.21. The Morgan fingerprint density at radius 2 is 1.91 bits per heavy atom. The van der Waals surface area contributed by atoms with Crippen LogP contribution in [-0.2, 0) is 16.1 Å². The molecule has 23 heavy (non-hydrogen) atoms. The smallest absolute Gasteiger partial charge is 0.325 e. The van der Waals surface area contributed by atoms with E-state index in [4.69, 9.17) is 4.74 Å². The van der Waals surface area contributed by atoms with Crippen molar-refractivity contribution in [3.63, 3.8) is 0 Å². The Bertz CT molecular complexity index is 569. The van der Waals surface area contributed by atoms with E-state index in [0.717, 1.165) is 23.3 Å². The number of β-amino-alcohol motifs (C(OH)–C–C–N with tert-alkyl or cyclic N) is 1. The zero-order valence-electron chi connectivity index (χ0n) is 13.0. The van der Waals surface area contributed by atoms with Gasteiger partial charge in [0.05, 0.1) is 25.9 Å². The molecule has 1 aromatic carbocycles. The third-order valence-corrected chi connectivity index (χ3v) is 4.52. The van der Waals surface area contributed by atoms with Crippen LogP contribution in [-0.4, -0.2) is 46.7 Å². The first-order valence-corrected chi connectivity index (χ1v) is 8.05. The van der Waals surface area contributed by atoms with E-state index < -0.39 is 17.7 Å². The van der Waals surface area contributed by atoms with Gasteiger partial charge in [-0.25, -0.2) is 4.79 Å². The predicted octanol–water partition coefficient (Wildman–Crippen LogP) is 1.43. The quantitative estimate of drug-likeness (QED) is 0.778. The van der Waals surface area contributed by atoms with E-state index in [1.807, 2.05) is 30.3 Å². The fraction of sp³-hybridized carbons (Fsp3) is 0.529. The molecule has 1 aromatic rings. The lowest BCUT2D eigenvalue weighted by atomic mass is 9.98. The Balaban J connectivity index is 1.49. The van der Waals surface area contributed by atoms with Crippen molar-refractivity contribution in [1.82, 2.24) is 10.2 Å². The summed E-state index contributed by atoms with van der Waals surface area (Å²) in [7, 11) is 0. The van der Waals surface area contributed by atoms with Crippen LogP contribution in [0.25, 0.3) is 0 Å². The van der Waals surface area contributed by atoms with Crippen LogP contribution in [0, 0.1) is 0 Å². The molecule has 0 radical (unpaired) electrons. The minimum atomic E-state index is -0.884. The number of aliphatic hydroxyl groups is 1. The Morgan fingerprint density at radius 1 is 1.22 bits per heavy atom. The van der Waals surface area contributed by atoms with Gasteiger partial charge in [-0.2, -0.15) is 0 Å². The number of rotatable bonds is 6. The van der Waals surface area contributed by atoms with Crippen LogP contribution >= 0.6 is 0 Å². The molecule has 1 heterocycles. The normalized spacial score (nSPS) is 21.0. The monoisotopic (exact) mass is 318 g/mol. The lowest BCUT2D eigenvalue weighted by molar-refractivity contribution is -0.132. The van der Waals surface area contributed by atoms with E-state index in [-0.39, 0.29) is 19.1 Å². The van der Waals surface area contributed by atoms with Crippen LogP contribution in [0.15, 0.2) is 30.3 Å². The van der Waals surface area contributed by atoms with Crippen LogP contribution in [0.4, 0.5) is 4.79 Å². The summed E-state index contributed by atoms with van der Waals surface area (Å²) in [4.78, 5) is 25.6. The SMILES string of the molecule is O=C1NC2(CCCC2)C(=O)N1CC(O)COCc1ccccc1. The van der Waals surface area contributed by atoms with Crippen molar-refractivity contribution in [2.75, 3.05) is 13.2 Å². The molecular formula is C17H22N2O4. The van der Waals surface area contributed by atoms with Crippen LogP contribution in [0.5, 0.6) is 0 Å². The summed E-state index contributed by atoms with van der Waals surface area (Å²) in [6, 6.07) is 9.24. The molecule has 3 rings (SSSR count). The van der Waals surface area contributed by atoms with Gasteiger partial charge in [-0.3, -0.25) is 9.69 Å². The van der Waals surface area contributed by atoms with Gasteiger partial charge >= 0.3 is 6.03 Å². The highest BCUT2D eigenvalue weighted by Crippen LogP contribution is 2.35. The standard InChI is InChI=1S/C17H22N2O4/c20-14(12-23-11-13-6-2-1-3-7-13)10-19-15(21)17(18-16(19)22)8-4-5-9-17/h1-3,6-7,14,20H,4-5,8-12H2,(H,18,22). The van der Waals surface area contributed by atoms with Gasteiger partial charge in [-0.05, 0) is 18.4 Å². The molecule has 3 amide bonds. The van der Waals surface area contributed by atoms with E-state index in [2.05, 4.69) is 5.32 Å². The van der Waals surface area contributed by atoms with Crippen molar-refractivity contribution in [3.8, 4) is 0 Å². The first kappa shape index (κ1) is 16.0. The van der Waals surface area contributed by atoms with Crippen LogP contribution in [0.3, 0.4) is 0 Å². The average molecular weight is 318 g/mol. The molecule has 2 N–H and O–H groups in total. The topological polar surface area (TPSA) is 78.9 Å². The summed E-state index contributed by atoms with van der Waals surface area (Å²) in [6.07, 6.45) is 2.39. The van der Waals surface area contributed by atoms with Crippen LogP contribution in [0.1, 0.15) is 31.2 Å². The number of amides is 3. The highest BCUT2D eigenvalue weighted by molar-refractivity contribution is 6.07. The molecule has 6 heteroatoms. The molecule has 0 aromatic heterocycles. The molecule has 1 saturated heterocycles. The van der Waals surface area contributed by atoms with E-state index in [1.54, 1.807) is 0 Å². The number of nitrogens with one attached hydrogen (secondary N) is 1. The summed E-state index contributed by atoms with van der Waals surface area (Å²) in [5, 5.41) is 12.9. The van der Waals surface area contributed by atoms with Crippen LogP contribution < -0.4 is 5.32 Å². The Morgan fingerprint density at radius 3 is 2.61 bits per heavy atom. The van der Waals surface area contributed by atoms with E-state index >= 15 is 0 Å². The van der Waals surface area contributed by atoms with Crippen LogP contribution in [0.2, 0.25) is 0 Å². The third-order valence-electron chi connectivity index (χ3n) is 4.52. The van der Waals surface area contributed by atoms with Gasteiger partial charge in [-0.1, -0.05) is 43.2 Å². The zero-order chi connectivity index (χ0) is 16.3. The molecule has 124 valence electrons. The Labute approximate surface area is 135 Å². The summed E-state index contributed by atoms with van der Waals surface area (Å²) < 4.78 is 5.46. The van der Waals surface area contributed by atoms with Gasteiger partial charge in [0.1, 0.15) is 5.54 Å². The fourth-order valence-electron chi connectivity index (χ4n) is 3.31. The van der Waals surface area contributed by atoms with Gasteiger partial charge in [0.15, 0.2) is 0 Å². The molecule has 1 aliphatic carbocycles. The number of aliphatic hydroxyl groups excluding tert-OH is 1. The minimum absolute atomic E-state index is 0.0266. The number of hydrogen-bond donors (Lipinski definition) is 2. The van der Waals surface area contributed by atoms with Gasteiger partial charge in [0.25, 0.3) is 5.91 Å². The molecule has 1 atom stereocenters. The third kappa shape index (κ3) is 3.38. The summed E-state index contributed by atoms with van der Waals surface area (Å²) in [5.74, 6) is -0.206. The molecule has 0 bridgehead atoms. The first-order valence-electron chi connectivity index (χ1n) is 8.05. The molecule has 2 aliphatic rings. The molecular weight excluding hydrogens is 296 g/mol. The molecule has 6 nitrogen and oxygen atoms in total. The predicted molar refractivity (Wildman–Crippen MR) is 83.5 cm³/mol. The van der Waals surface area contributed by atoms with E-state index in [1.165, 1.54) is 0 Å². The number of imide groups is 1. The largest absolute Gasteiger partial charge is 0.389 e. The maximum Gasteiger partial charge on any atom is 0.325 e. The van der Waals surface area contributed by atoms with Gasteiger partial charge in [0, 0.05) is 0 Å². The van der Waals surface area contributed by atoms with E-state index in [9.17, 15) is 14.7 Å². The number of nitrogens with zero attached hydrogens (tertiary/aromatic N) is 1. The van der Waals surface area contributed by atoms with Crippen molar-refractivity contribution in [3.05, 3.63) is 35.9 Å². The average Bonchev–Trinajstić information content (AvgIpc) is 3.10. The molecule has 1 unspecified atom stereocenters. The molecule has 2 fully saturated rings. The van der Waals surface area contributed by atoms with Gasteiger partial charge < -0.3 is 15.2 Å². The van der Waals surface area contributed by atoms with Gasteiger partial charge in [-0.15, -0.1) is 0 Å². The number of urea groups is 1. The second-order valence-electron chi connectivity index (χ2n) is 6.29. The summed E-state index contributed by atoms with van der Waals surface area (Å²) in [5.41, 5.74) is 0.293. The summed E-state index contributed by atoms with van der Waals surface area (Å²) >= 11 is 0. The maximum atomic E-state index is 12.5. The van der Waals surface area contributed by atoms with Crippen molar-refractivity contribution in [2.24, 2.45) is 0 Å². The van der Waals surface area contributed by atoms with Crippen molar-refractivity contribution in [2.45, 2.75) is 43.9 Å². The Hall–Kier alpha value is -1.92. The summed E-state index contributed by atoms with van der Waals surface area (Å²) in [6.45, 7) is 0.447. The Kier molecular flexibility index (Phi) is 4.63. The first-order chi connectivity index (χ1) is 11.1. The lowest BCUT2D eigenvalue weighted by Crippen LogP contribution is -2.45. The number of benzene rings is 1. The van der Waals surface area contributed by atoms with Crippen molar-refractivity contribution >= 4 is 11.9 Å². The van der Waals surface area contributed by atoms with Crippen molar-refractivity contribution in [1.29, 1.82) is 0 Å². The number of hydrogen-bond acceptors (Lipinski definition) is 4. The van der Waals surface area contributed by atoms with Gasteiger partial charge in [0.2, 0.25) is 0 Å². The second kappa shape index (κ2) is 6.68. The van der Waals surface area contributed by atoms with Crippen molar-refractivity contribution < 1.29 is 19.4 Å². The number of carbonyl (C=O) groups is 2. The van der Waals surface area contributed by atoms with E-state index in [0.29, 0.717) is 19.4 Å². The molecule has 1 saturated carbocycles. The minimum Gasteiger partial charge on any atom is -0.389 e. The highest BCUT2D eigenvalue weighted by Gasteiger charge is 2.52. The molecule has 1 spiro atoms. The number of carbonyl (C=O) groups excluding carboxylic acids is 2.